The molecule has 1 amide bonds. The van der Waals surface area contributed by atoms with Gasteiger partial charge in [-0.3, -0.25) is 9.36 Å². The molecule has 3 unspecified atom stereocenters. The second kappa shape index (κ2) is 31.0. The Morgan fingerprint density at radius 3 is 1.72 bits per heavy atom. The number of quaternary nitrogens is 1. The first kappa shape index (κ1) is 46.0. The van der Waals surface area contributed by atoms with E-state index in [0.29, 0.717) is 17.4 Å². The highest BCUT2D eigenvalue weighted by atomic mass is 31.2. The molecule has 278 valence electrons. The van der Waals surface area contributed by atoms with Crippen LogP contribution in [-0.4, -0.2) is 68.5 Å². The number of likely N-dealkylation sites (N-methyl/N-ethyl adjacent to an activating group) is 1. The number of amides is 1. The number of carbonyl (C=O) groups excluding carboxylic acids is 1. The van der Waals surface area contributed by atoms with Gasteiger partial charge in [-0.2, -0.15) is 0 Å². The van der Waals surface area contributed by atoms with E-state index in [1.807, 2.05) is 27.2 Å². The van der Waals surface area contributed by atoms with Gasteiger partial charge < -0.3 is 28.8 Å². The number of nitrogens with zero attached hydrogens (tertiary/aromatic N) is 1. The number of aliphatic hydroxyl groups is 1. The van der Waals surface area contributed by atoms with E-state index in [1.165, 1.54) is 103 Å². The van der Waals surface area contributed by atoms with Gasteiger partial charge in [0, 0.05) is 6.42 Å². The van der Waals surface area contributed by atoms with Crippen LogP contribution in [0.4, 0.5) is 0 Å². The Morgan fingerprint density at radius 2 is 1.19 bits per heavy atom. The Labute approximate surface area is 290 Å². The molecule has 0 aliphatic rings. The maximum atomic E-state index is 12.7. The van der Waals surface area contributed by atoms with Gasteiger partial charge in [0.1, 0.15) is 13.2 Å². The van der Waals surface area contributed by atoms with Crippen LogP contribution in [-0.2, 0) is 18.4 Å². The Balaban J connectivity index is 4.59. The van der Waals surface area contributed by atoms with Gasteiger partial charge in [0.05, 0.1) is 39.9 Å². The lowest BCUT2D eigenvalue weighted by molar-refractivity contribution is -0.870. The first-order valence-electron chi connectivity index (χ1n) is 19.2. The number of rotatable bonds is 34. The first-order valence-corrected chi connectivity index (χ1v) is 20.7. The maximum Gasteiger partial charge on any atom is 0.268 e. The Bertz CT molecular complexity index is 829. The van der Waals surface area contributed by atoms with E-state index in [4.69, 9.17) is 9.05 Å². The van der Waals surface area contributed by atoms with E-state index >= 15 is 0 Å². The number of nitrogens with one attached hydrogen (secondary N) is 1. The zero-order valence-electron chi connectivity index (χ0n) is 31.2. The number of aliphatic hydroxyl groups excluding tert-OH is 1. The van der Waals surface area contributed by atoms with E-state index in [-0.39, 0.29) is 19.1 Å². The monoisotopic (exact) mass is 687 g/mol. The van der Waals surface area contributed by atoms with Gasteiger partial charge in [-0.1, -0.05) is 147 Å². The second-order valence-electron chi connectivity index (χ2n) is 14.3. The van der Waals surface area contributed by atoms with Crippen LogP contribution in [0.3, 0.4) is 0 Å². The van der Waals surface area contributed by atoms with Gasteiger partial charge in [0.25, 0.3) is 7.82 Å². The average Bonchev–Trinajstić information content (AvgIpc) is 3.01. The topological polar surface area (TPSA) is 108 Å². The molecular formula is C38H75N2O6P. The summed E-state index contributed by atoms with van der Waals surface area (Å²) < 4.78 is 23.0. The summed E-state index contributed by atoms with van der Waals surface area (Å²) >= 11 is 0. The van der Waals surface area contributed by atoms with Crippen molar-refractivity contribution in [2.45, 2.75) is 174 Å². The number of hydrogen-bond donors (Lipinski definition) is 2. The summed E-state index contributed by atoms with van der Waals surface area (Å²) in [7, 11) is 1.24. The number of unbranched alkanes of at least 4 members (excludes halogenated alkanes) is 19. The molecule has 8 nitrogen and oxygen atoms in total. The zero-order chi connectivity index (χ0) is 35.1. The fourth-order valence-corrected chi connectivity index (χ4v) is 6.01. The van der Waals surface area contributed by atoms with Crippen molar-refractivity contribution in [3.63, 3.8) is 0 Å². The maximum absolute atomic E-state index is 12.7. The SMILES string of the molecule is CCCCCCCCC/C=C/CC/C=C/C(O)C(COP(=O)([O-])OCC[N+](C)(C)C)NC(=O)CCCCCCCCCCCCCC. The quantitative estimate of drug-likeness (QED) is 0.0303. The smallest absolute Gasteiger partial charge is 0.268 e. The molecule has 47 heavy (non-hydrogen) atoms. The van der Waals surface area contributed by atoms with Gasteiger partial charge in [0.2, 0.25) is 5.91 Å². The number of phosphoric acid groups is 1. The molecule has 0 fully saturated rings. The molecule has 0 aromatic carbocycles. The van der Waals surface area contributed by atoms with E-state index in [0.717, 1.165) is 38.5 Å². The van der Waals surface area contributed by atoms with Crippen LogP contribution in [0, 0.1) is 0 Å². The van der Waals surface area contributed by atoms with Crippen LogP contribution in [0.5, 0.6) is 0 Å². The van der Waals surface area contributed by atoms with E-state index in [9.17, 15) is 19.4 Å². The highest BCUT2D eigenvalue weighted by molar-refractivity contribution is 7.45. The third-order valence-electron chi connectivity index (χ3n) is 8.41. The van der Waals surface area contributed by atoms with Gasteiger partial charge in [-0.15, -0.1) is 0 Å². The van der Waals surface area contributed by atoms with Crippen LogP contribution in [0.2, 0.25) is 0 Å². The molecule has 0 radical (unpaired) electrons. The molecule has 0 aliphatic heterocycles. The molecule has 0 saturated heterocycles. The summed E-state index contributed by atoms with van der Waals surface area (Å²) in [6, 6.07) is -0.895. The van der Waals surface area contributed by atoms with Gasteiger partial charge >= 0.3 is 0 Å². The van der Waals surface area contributed by atoms with Crippen LogP contribution < -0.4 is 10.2 Å². The molecule has 0 spiro atoms. The fourth-order valence-electron chi connectivity index (χ4n) is 5.28. The molecule has 0 bridgehead atoms. The van der Waals surface area contributed by atoms with Crippen molar-refractivity contribution in [2.24, 2.45) is 0 Å². The molecule has 3 atom stereocenters. The zero-order valence-corrected chi connectivity index (χ0v) is 32.1. The van der Waals surface area contributed by atoms with Crippen LogP contribution in [0.1, 0.15) is 162 Å². The van der Waals surface area contributed by atoms with Crippen LogP contribution in [0.25, 0.3) is 0 Å². The van der Waals surface area contributed by atoms with Crippen LogP contribution >= 0.6 is 7.82 Å². The highest BCUT2D eigenvalue weighted by Gasteiger charge is 2.23. The van der Waals surface area contributed by atoms with Crippen molar-refractivity contribution in [3.8, 4) is 0 Å². The lowest BCUT2D eigenvalue weighted by Crippen LogP contribution is -2.45. The van der Waals surface area contributed by atoms with Crippen molar-refractivity contribution < 1.29 is 32.9 Å². The summed E-state index contributed by atoms with van der Waals surface area (Å²) in [5.74, 6) is -0.210. The minimum Gasteiger partial charge on any atom is -0.756 e. The standard InChI is InChI=1S/C38H75N2O6P/c1-6-8-10-12-14-16-18-20-21-23-25-27-29-31-37(41)36(35-46-47(43,44)45-34-33-40(3,4)5)39-38(42)32-30-28-26-24-22-19-17-15-13-11-9-7-2/h21,23,29,31,36-37,41H,6-20,22,24-28,30,32-35H2,1-5H3,(H-,39,42,43,44)/b23-21+,31-29+. The van der Waals surface area contributed by atoms with Crippen molar-refractivity contribution in [3.05, 3.63) is 24.3 Å². The fraction of sp³-hybridized carbons (Fsp3) is 0.868. The van der Waals surface area contributed by atoms with Crippen molar-refractivity contribution in [1.82, 2.24) is 5.32 Å². The molecule has 9 heteroatoms. The molecule has 2 N–H and O–H groups in total. The highest BCUT2D eigenvalue weighted by Crippen LogP contribution is 2.38. The normalized spacial score (nSPS) is 15.0. The minimum absolute atomic E-state index is 0.00477. The molecule has 0 aromatic heterocycles. The van der Waals surface area contributed by atoms with Gasteiger partial charge in [-0.25, -0.2) is 0 Å². The molecular weight excluding hydrogens is 611 g/mol. The Hall–Kier alpha value is -1.02. The molecule has 0 aliphatic carbocycles. The van der Waals surface area contributed by atoms with Crippen molar-refractivity contribution >= 4 is 13.7 Å². The van der Waals surface area contributed by atoms with Crippen molar-refractivity contribution in [2.75, 3.05) is 40.9 Å². The predicted molar refractivity (Wildman–Crippen MR) is 196 cm³/mol. The number of hydrogen-bond acceptors (Lipinski definition) is 6. The van der Waals surface area contributed by atoms with E-state index < -0.39 is 20.0 Å². The minimum atomic E-state index is -4.58. The average molecular weight is 687 g/mol. The Kier molecular flexibility index (Phi) is 30.3. The Morgan fingerprint density at radius 1 is 0.723 bits per heavy atom. The predicted octanol–water partition coefficient (Wildman–Crippen LogP) is 9.16. The largest absolute Gasteiger partial charge is 0.756 e. The van der Waals surface area contributed by atoms with E-state index in [1.54, 1.807) is 6.08 Å². The molecule has 0 heterocycles. The first-order chi connectivity index (χ1) is 22.5. The lowest BCUT2D eigenvalue weighted by Gasteiger charge is -2.29. The summed E-state index contributed by atoms with van der Waals surface area (Å²) in [4.78, 5) is 25.1. The third kappa shape index (κ3) is 33.3. The summed E-state index contributed by atoms with van der Waals surface area (Å²) in [6.07, 6.45) is 33.6. The van der Waals surface area contributed by atoms with Gasteiger partial charge in [0.15, 0.2) is 0 Å². The van der Waals surface area contributed by atoms with Crippen LogP contribution in [0.15, 0.2) is 24.3 Å². The number of phosphoric ester groups is 1. The molecule has 0 rings (SSSR count). The lowest BCUT2D eigenvalue weighted by atomic mass is 10.0. The summed E-state index contributed by atoms with van der Waals surface area (Å²) in [6.45, 7) is 4.59. The van der Waals surface area contributed by atoms with Gasteiger partial charge in [-0.05, 0) is 32.1 Å². The number of allylic oxidation sites excluding steroid dienone is 3. The molecule has 0 aromatic rings. The summed E-state index contributed by atoms with van der Waals surface area (Å²) in [5, 5.41) is 13.7. The summed E-state index contributed by atoms with van der Waals surface area (Å²) in [5.41, 5.74) is 0. The molecule has 0 saturated carbocycles. The number of carbonyl (C=O) groups is 1. The third-order valence-corrected chi connectivity index (χ3v) is 9.38. The van der Waals surface area contributed by atoms with E-state index in [2.05, 4.69) is 31.3 Å². The second-order valence-corrected chi connectivity index (χ2v) is 15.7. The van der Waals surface area contributed by atoms with Crippen molar-refractivity contribution in [1.29, 1.82) is 0 Å².